The Morgan fingerprint density at radius 3 is 2.52 bits per heavy atom. The van der Waals surface area contributed by atoms with E-state index in [1.807, 2.05) is 36.4 Å². The molecule has 0 heterocycles. The lowest BCUT2D eigenvalue weighted by molar-refractivity contribution is 0.167. The van der Waals surface area contributed by atoms with Crippen molar-refractivity contribution in [2.24, 2.45) is 0 Å². The van der Waals surface area contributed by atoms with E-state index in [0.717, 1.165) is 41.3 Å². The van der Waals surface area contributed by atoms with Crippen LogP contribution in [0.25, 0.3) is 0 Å². The molecule has 0 aromatic heterocycles. The fourth-order valence-electron chi connectivity index (χ4n) is 2.17. The molecule has 2 rings (SSSR count). The Kier molecular flexibility index (Phi) is 7.74. The molecular formula is C18H21Cl2NOS. The second-order valence-electron chi connectivity index (χ2n) is 5.25. The summed E-state index contributed by atoms with van der Waals surface area (Å²) in [5.74, 6) is 0.790. The summed E-state index contributed by atoms with van der Waals surface area (Å²) in [4.78, 5) is 1.15. The molecule has 0 aliphatic rings. The van der Waals surface area contributed by atoms with E-state index >= 15 is 0 Å². The van der Waals surface area contributed by atoms with Crippen molar-refractivity contribution in [2.75, 3.05) is 13.1 Å². The summed E-state index contributed by atoms with van der Waals surface area (Å²) >= 11 is 13.8. The van der Waals surface area contributed by atoms with Gasteiger partial charge in [-0.3, -0.25) is 0 Å². The van der Waals surface area contributed by atoms with Gasteiger partial charge in [-0.1, -0.05) is 48.3 Å². The largest absolute Gasteiger partial charge is 0.388 e. The molecule has 2 nitrogen and oxygen atoms in total. The third-order valence-corrected chi connectivity index (χ3v) is 5.17. The summed E-state index contributed by atoms with van der Waals surface area (Å²) in [7, 11) is 0. The zero-order valence-corrected chi connectivity index (χ0v) is 15.4. The van der Waals surface area contributed by atoms with E-state index in [1.165, 1.54) is 0 Å². The van der Waals surface area contributed by atoms with E-state index in [0.29, 0.717) is 10.0 Å². The number of hydrogen-bond acceptors (Lipinski definition) is 3. The Hall–Kier alpha value is -0.710. The predicted molar refractivity (Wildman–Crippen MR) is 101 cm³/mol. The summed E-state index contributed by atoms with van der Waals surface area (Å²) in [5.41, 5.74) is 2.02. The van der Waals surface area contributed by atoms with Crippen LogP contribution in [-0.4, -0.2) is 18.2 Å². The molecule has 0 radical (unpaired) electrons. The van der Waals surface area contributed by atoms with Crippen LogP contribution in [0.4, 0.5) is 0 Å². The minimum Gasteiger partial charge on any atom is -0.388 e. The lowest BCUT2D eigenvalue weighted by Crippen LogP contribution is -2.16. The maximum Gasteiger partial charge on any atom is 0.0802 e. The zero-order valence-electron chi connectivity index (χ0n) is 13.1. The van der Waals surface area contributed by atoms with Crippen molar-refractivity contribution >= 4 is 35.0 Å². The molecule has 2 N–H and O–H groups in total. The highest BCUT2D eigenvalue weighted by molar-refractivity contribution is 7.98. The Bertz CT molecular complexity index is 619. The van der Waals surface area contributed by atoms with Crippen LogP contribution in [0.3, 0.4) is 0 Å². The van der Waals surface area contributed by atoms with E-state index in [-0.39, 0.29) is 0 Å². The van der Waals surface area contributed by atoms with E-state index in [9.17, 15) is 5.11 Å². The fraction of sp³-hybridized carbons (Fsp3) is 0.333. The van der Waals surface area contributed by atoms with E-state index in [4.69, 9.17) is 23.2 Å². The quantitative estimate of drug-likeness (QED) is 0.487. The van der Waals surface area contributed by atoms with Gasteiger partial charge in [0.25, 0.3) is 0 Å². The Morgan fingerprint density at radius 2 is 1.87 bits per heavy atom. The van der Waals surface area contributed by atoms with E-state index in [1.54, 1.807) is 17.8 Å². The minimum atomic E-state index is -0.418. The van der Waals surface area contributed by atoms with Gasteiger partial charge in [0.1, 0.15) is 0 Å². The van der Waals surface area contributed by atoms with Crippen molar-refractivity contribution in [3.63, 3.8) is 0 Å². The van der Waals surface area contributed by atoms with E-state index in [2.05, 4.69) is 12.2 Å². The Labute approximate surface area is 152 Å². The molecule has 0 saturated heterocycles. The number of thioether (sulfide) groups is 1. The maximum absolute atomic E-state index is 10.1. The SMILES string of the molecule is CCNCCC(O)c1ccc(SCc2ccc(Cl)cc2Cl)cc1. The van der Waals surface area contributed by atoms with Crippen LogP contribution in [0.15, 0.2) is 47.4 Å². The third-order valence-electron chi connectivity index (χ3n) is 3.52. The lowest BCUT2D eigenvalue weighted by atomic mass is 10.1. The lowest BCUT2D eigenvalue weighted by Gasteiger charge is -2.12. The van der Waals surface area contributed by atoms with Gasteiger partial charge in [0.2, 0.25) is 0 Å². The molecule has 0 saturated carbocycles. The topological polar surface area (TPSA) is 32.3 Å². The third kappa shape index (κ3) is 6.02. The molecule has 0 bridgehead atoms. The molecular weight excluding hydrogens is 349 g/mol. The first-order valence-electron chi connectivity index (χ1n) is 7.65. The Balaban J connectivity index is 1.89. The first-order valence-corrected chi connectivity index (χ1v) is 9.39. The summed E-state index contributed by atoms with van der Waals surface area (Å²) in [6.45, 7) is 3.81. The number of hydrogen-bond donors (Lipinski definition) is 2. The molecule has 0 amide bonds. The molecule has 1 atom stereocenters. The molecule has 0 aliphatic heterocycles. The average molecular weight is 370 g/mol. The van der Waals surface area contributed by atoms with Crippen LogP contribution in [0.2, 0.25) is 10.0 Å². The average Bonchev–Trinajstić information content (AvgIpc) is 2.55. The number of rotatable bonds is 8. The zero-order chi connectivity index (χ0) is 16.7. The normalized spacial score (nSPS) is 12.3. The smallest absolute Gasteiger partial charge is 0.0802 e. The maximum atomic E-state index is 10.1. The standard InChI is InChI=1S/C18H21Cl2NOS/c1-2-21-10-9-18(22)13-4-7-16(8-5-13)23-12-14-3-6-15(19)11-17(14)20/h3-8,11,18,21-22H,2,9-10,12H2,1H3. The van der Waals surface area contributed by atoms with Gasteiger partial charge in [-0.05, 0) is 54.9 Å². The molecule has 2 aromatic carbocycles. The van der Waals surface area contributed by atoms with Gasteiger partial charge < -0.3 is 10.4 Å². The van der Waals surface area contributed by atoms with Crippen molar-refractivity contribution in [3.8, 4) is 0 Å². The molecule has 2 aromatic rings. The van der Waals surface area contributed by atoms with Gasteiger partial charge in [-0.2, -0.15) is 0 Å². The van der Waals surface area contributed by atoms with Crippen LogP contribution in [0, 0.1) is 0 Å². The van der Waals surface area contributed by atoms with Crippen LogP contribution >= 0.6 is 35.0 Å². The van der Waals surface area contributed by atoms with Crippen molar-refractivity contribution in [3.05, 3.63) is 63.6 Å². The fourth-order valence-corrected chi connectivity index (χ4v) is 3.63. The highest BCUT2D eigenvalue weighted by Crippen LogP contribution is 2.29. The molecule has 5 heteroatoms. The number of aliphatic hydroxyl groups is 1. The summed E-state index contributed by atoms with van der Waals surface area (Å²) in [6.07, 6.45) is 0.305. The molecule has 124 valence electrons. The number of benzene rings is 2. The summed E-state index contributed by atoms with van der Waals surface area (Å²) in [6, 6.07) is 13.6. The van der Waals surface area contributed by atoms with Crippen molar-refractivity contribution in [1.82, 2.24) is 5.32 Å². The van der Waals surface area contributed by atoms with Gasteiger partial charge in [0, 0.05) is 20.7 Å². The molecule has 0 aliphatic carbocycles. The molecule has 1 unspecified atom stereocenters. The highest BCUT2D eigenvalue weighted by Gasteiger charge is 2.07. The van der Waals surface area contributed by atoms with Crippen LogP contribution in [-0.2, 0) is 5.75 Å². The van der Waals surface area contributed by atoms with Crippen LogP contribution in [0.1, 0.15) is 30.6 Å². The Morgan fingerprint density at radius 1 is 1.13 bits per heavy atom. The van der Waals surface area contributed by atoms with Gasteiger partial charge in [0.15, 0.2) is 0 Å². The summed E-state index contributed by atoms with van der Waals surface area (Å²) in [5, 5.41) is 14.7. The van der Waals surface area contributed by atoms with Gasteiger partial charge in [-0.15, -0.1) is 11.8 Å². The second-order valence-corrected chi connectivity index (χ2v) is 7.14. The van der Waals surface area contributed by atoms with Gasteiger partial charge in [0.05, 0.1) is 6.10 Å². The van der Waals surface area contributed by atoms with Gasteiger partial charge in [-0.25, -0.2) is 0 Å². The van der Waals surface area contributed by atoms with Gasteiger partial charge >= 0.3 is 0 Å². The number of halogens is 2. The molecule has 0 spiro atoms. The monoisotopic (exact) mass is 369 g/mol. The van der Waals surface area contributed by atoms with Crippen LogP contribution in [0.5, 0.6) is 0 Å². The summed E-state index contributed by atoms with van der Waals surface area (Å²) < 4.78 is 0. The number of aliphatic hydroxyl groups excluding tert-OH is 1. The van der Waals surface area contributed by atoms with Crippen LogP contribution < -0.4 is 5.32 Å². The van der Waals surface area contributed by atoms with Crippen molar-refractivity contribution < 1.29 is 5.11 Å². The highest BCUT2D eigenvalue weighted by atomic mass is 35.5. The first kappa shape index (κ1) is 18.6. The molecule has 23 heavy (non-hydrogen) atoms. The van der Waals surface area contributed by atoms with Crippen molar-refractivity contribution in [1.29, 1.82) is 0 Å². The first-order chi connectivity index (χ1) is 11.1. The number of nitrogens with one attached hydrogen (secondary N) is 1. The van der Waals surface area contributed by atoms with E-state index < -0.39 is 6.10 Å². The minimum absolute atomic E-state index is 0.418. The van der Waals surface area contributed by atoms with Crippen molar-refractivity contribution in [2.45, 2.75) is 30.1 Å². The molecule has 0 fully saturated rings. The predicted octanol–water partition coefficient (Wildman–Crippen LogP) is 5.32. The second kappa shape index (κ2) is 9.55.